The number of halogens is 1. The molecule has 0 amide bonds. The van der Waals surface area contributed by atoms with E-state index in [1.54, 1.807) is 12.1 Å². The SMILES string of the molecule is OB(OF)c1ccc(Oc2ccccc2)cc1. The predicted molar refractivity (Wildman–Crippen MR) is 62.8 cm³/mol. The van der Waals surface area contributed by atoms with Crippen molar-refractivity contribution >= 4 is 12.6 Å². The molecule has 2 aromatic carbocycles. The van der Waals surface area contributed by atoms with Crippen molar-refractivity contribution in [2.24, 2.45) is 0 Å². The molecule has 0 unspecified atom stereocenters. The average molecular weight is 232 g/mol. The van der Waals surface area contributed by atoms with Gasteiger partial charge in [-0.2, -0.15) is 0 Å². The Kier molecular flexibility index (Phi) is 3.75. The lowest BCUT2D eigenvalue weighted by atomic mass is 9.80. The molecule has 86 valence electrons. The molecule has 0 bridgehead atoms. The Bertz CT molecular complexity index is 461. The van der Waals surface area contributed by atoms with Gasteiger partial charge in [-0.3, -0.25) is 0 Å². The minimum absolute atomic E-state index is 0.327. The van der Waals surface area contributed by atoms with E-state index in [-0.39, 0.29) is 0 Å². The zero-order valence-corrected chi connectivity index (χ0v) is 8.92. The molecule has 1 N–H and O–H groups in total. The van der Waals surface area contributed by atoms with Gasteiger partial charge >= 0.3 is 7.12 Å². The Morgan fingerprint density at radius 1 is 0.882 bits per heavy atom. The number of hydrogen-bond acceptors (Lipinski definition) is 3. The van der Waals surface area contributed by atoms with Gasteiger partial charge in [-0.15, -0.1) is 0 Å². The lowest BCUT2D eigenvalue weighted by Gasteiger charge is -2.06. The quantitative estimate of drug-likeness (QED) is 0.820. The van der Waals surface area contributed by atoms with Crippen LogP contribution in [0.3, 0.4) is 0 Å². The predicted octanol–water partition coefficient (Wildman–Crippen LogP) is 2.07. The third kappa shape index (κ3) is 3.06. The van der Waals surface area contributed by atoms with E-state index in [9.17, 15) is 4.53 Å². The van der Waals surface area contributed by atoms with Crippen molar-refractivity contribution in [3.63, 3.8) is 0 Å². The number of rotatable bonds is 4. The van der Waals surface area contributed by atoms with Crippen LogP contribution in [0.1, 0.15) is 0 Å². The van der Waals surface area contributed by atoms with Crippen LogP contribution >= 0.6 is 0 Å². The minimum Gasteiger partial charge on any atom is -0.457 e. The van der Waals surface area contributed by atoms with Gasteiger partial charge in [0.15, 0.2) is 0 Å². The van der Waals surface area contributed by atoms with E-state index in [1.807, 2.05) is 30.3 Å². The van der Waals surface area contributed by atoms with Crippen molar-refractivity contribution in [3.05, 3.63) is 54.6 Å². The van der Waals surface area contributed by atoms with Gasteiger partial charge in [-0.25, -0.2) is 4.86 Å². The maximum Gasteiger partial charge on any atom is 0.529 e. The summed E-state index contributed by atoms with van der Waals surface area (Å²) < 4.78 is 17.3. The smallest absolute Gasteiger partial charge is 0.457 e. The first-order valence-electron chi connectivity index (χ1n) is 5.08. The highest BCUT2D eigenvalue weighted by molar-refractivity contribution is 6.59. The van der Waals surface area contributed by atoms with Crippen molar-refractivity contribution in [1.82, 2.24) is 0 Å². The normalized spacial score (nSPS) is 10.0. The Balaban J connectivity index is 2.08. The van der Waals surface area contributed by atoms with Gasteiger partial charge in [0.1, 0.15) is 11.5 Å². The van der Waals surface area contributed by atoms with Gasteiger partial charge < -0.3 is 9.76 Å². The highest BCUT2D eigenvalue weighted by atomic mass is 19.3. The minimum atomic E-state index is -1.55. The van der Waals surface area contributed by atoms with E-state index < -0.39 is 7.12 Å². The molecule has 0 saturated carbocycles. The maximum atomic E-state index is 11.7. The zero-order valence-electron chi connectivity index (χ0n) is 8.92. The second-order valence-corrected chi connectivity index (χ2v) is 3.43. The number of benzene rings is 2. The van der Waals surface area contributed by atoms with E-state index >= 15 is 0 Å². The summed E-state index contributed by atoms with van der Waals surface area (Å²) in [5, 5.41) is 9.07. The van der Waals surface area contributed by atoms with Gasteiger partial charge in [0.05, 0.1) is 0 Å². The topological polar surface area (TPSA) is 38.7 Å². The van der Waals surface area contributed by atoms with Crippen LogP contribution in [0, 0.1) is 0 Å². The summed E-state index contributed by atoms with van der Waals surface area (Å²) in [4.78, 5) is 3.31. The lowest BCUT2D eigenvalue weighted by Crippen LogP contribution is -2.30. The third-order valence-corrected chi connectivity index (χ3v) is 2.23. The summed E-state index contributed by atoms with van der Waals surface area (Å²) in [6.45, 7) is 0. The van der Waals surface area contributed by atoms with Gasteiger partial charge in [0.25, 0.3) is 0 Å². The highest BCUT2D eigenvalue weighted by Gasteiger charge is 2.16. The van der Waals surface area contributed by atoms with Crippen molar-refractivity contribution in [3.8, 4) is 11.5 Å². The zero-order chi connectivity index (χ0) is 12.1. The fourth-order valence-electron chi connectivity index (χ4n) is 1.38. The first kappa shape index (κ1) is 11.6. The van der Waals surface area contributed by atoms with E-state index in [4.69, 9.17) is 9.76 Å². The van der Waals surface area contributed by atoms with Crippen LogP contribution in [0.15, 0.2) is 54.6 Å². The van der Waals surface area contributed by atoms with Crippen LogP contribution in [0.4, 0.5) is 4.53 Å². The molecular formula is C12H10BFO3. The average Bonchev–Trinajstić information content (AvgIpc) is 2.40. The summed E-state index contributed by atoms with van der Waals surface area (Å²) in [6, 6.07) is 15.6. The van der Waals surface area contributed by atoms with Gasteiger partial charge in [0.2, 0.25) is 0 Å². The Hall–Kier alpha value is -1.85. The molecule has 17 heavy (non-hydrogen) atoms. The van der Waals surface area contributed by atoms with E-state index in [2.05, 4.69) is 4.86 Å². The largest absolute Gasteiger partial charge is 0.529 e. The van der Waals surface area contributed by atoms with E-state index in [1.165, 1.54) is 12.1 Å². The molecule has 2 aromatic rings. The van der Waals surface area contributed by atoms with Gasteiger partial charge in [-0.05, 0) is 29.7 Å². The van der Waals surface area contributed by atoms with Crippen molar-refractivity contribution in [2.45, 2.75) is 0 Å². The molecule has 3 nitrogen and oxygen atoms in total. The van der Waals surface area contributed by atoms with E-state index in [0.717, 1.165) is 0 Å². The molecule has 0 radical (unpaired) electrons. The molecular weight excluding hydrogens is 222 g/mol. The van der Waals surface area contributed by atoms with Crippen LogP contribution < -0.4 is 10.2 Å². The monoisotopic (exact) mass is 232 g/mol. The van der Waals surface area contributed by atoms with Crippen LogP contribution in [-0.4, -0.2) is 12.1 Å². The van der Waals surface area contributed by atoms with Crippen LogP contribution in [0.5, 0.6) is 11.5 Å². The fraction of sp³-hybridized carbons (Fsp3) is 0. The number of para-hydroxylation sites is 1. The molecule has 0 heterocycles. The summed E-state index contributed by atoms with van der Waals surface area (Å²) in [5.41, 5.74) is 0.327. The summed E-state index contributed by atoms with van der Waals surface area (Å²) in [6.07, 6.45) is 0. The van der Waals surface area contributed by atoms with Crippen LogP contribution in [-0.2, 0) is 4.86 Å². The lowest BCUT2D eigenvalue weighted by molar-refractivity contribution is -0.0267. The molecule has 0 aliphatic rings. The maximum absolute atomic E-state index is 11.7. The number of ether oxygens (including phenoxy) is 1. The molecule has 0 aliphatic carbocycles. The summed E-state index contributed by atoms with van der Waals surface area (Å²) >= 11 is 0. The van der Waals surface area contributed by atoms with Crippen molar-refractivity contribution < 1.29 is 19.1 Å². The van der Waals surface area contributed by atoms with Crippen LogP contribution in [0.25, 0.3) is 0 Å². The second kappa shape index (κ2) is 5.47. The molecule has 0 aromatic heterocycles. The Labute approximate surface area is 98.5 Å². The first-order valence-corrected chi connectivity index (χ1v) is 5.08. The van der Waals surface area contributed by atoms with Crippen molar-refractivity contribution in [2.75, 3.05) is 0 Å². The molecule has 0 aliphatic heterocycles. The molecule has 0 saturated heterocycles. The molecule has 0 spiro atoms. The second-order valence-electron chi connectivity index (χ2n) is 3.43. The van der Waals surface area contributed by atoms with Gasteiger partial charge in [-0.1, -0.05) is 34.9 Å². The van der Waals surface area contributed by atoms with Gasteiger partial charge in [0, 0.05) is 0 Å². The summed E-state index contributed by atoms with van der Waals surface area (Å²) in [7, 11) is -1.55. The first-order chi connectivity index (χ1) is 8.29. The standard InChI is InChI=1S/C12H10BFO3/c14-17-13(15)10-6-8-12(9-7-10)16-11-4-2-1-3-5-11/h1-9,15H. The fourth-order valence-corrected chi connectivity index (χ4v) is 1.38. The Morgan fingerprint density at radius 3 is 2.06 bits per heavy atom. The van der Waals surface area contributed by atoms with E-state index in [0.29, 0.717) is 17.0 Å². The highest BCUT2D eigenvalue weighted by Crippen LogP contribution is 2.19. The molecule has 0 fully saturated rings. The summed E-state index contributed by atoms with van der Waals surface area (Å²) in [5.74, 6) is 1.31. The number of hydrogen-bond donors (Lipinski definition) is 1. The Morgan fingerprint density at radius 2 is 1.47 bits per heavy atom. The van der Waals surface area contributed by atoms with Crippen LogP contribution in [0.2, 0.25) is 0 Å². The molecule has 5 heteroatoms. The molecule has 2 rings (SSSR count). The third-order valence-electron chi connectivity index (χ3n) is 2.23. The van der Waals surface area contributed by atoms with Crippen molar-refractivity contribution in [1.29, 1.82) is 0 Å². The molecule has 0 atom stereocenters.